The Bertz CT molecular complexity index is 994. The molecule has 4 nitrogen and oxygen atoms in total. The first-order chi connectivity index (χ1) is 13.6. The van der Waals surface area contributed by atoms with Crippen LogP contribution in [-0.4, -0.2) is 19.1 Å². The number of amides is 1. The number of anilines is 1. The van der Waals surface area contributed by atoms with Gasteiger partial charge in [0.15, 0.2) is 18.2 Å². The number of halogens is 2. The average molecular weight is 381 g/mol. The van der Waals surface area contributed by atoms with Gasteiger partial charge in [0.1, 0.15) is 18.2 Å². The van der Waals surface area contributed by atoms with E-state index in [0.29, 0.717) is 11.4 Å². The number of nitrogens with zero attached hydrogens (tertiary/aromatic N) is 1. The van der Waals surface area contributed by atoms with Crippen LogP contribution in [0.3, 0.4) is 0 Å². The maximum atomic E-state index is 13.8. The number of carbonyl (C=O) groups excluding carboxylic acids is 1. The summed E-state index contributed by atoms with van der Waals surface area (Å²) in [5, 5.41) is 0. The highest BCUT2D eigenvalue weighted by Crippen LogP contribution is 2.39. The van der Waals surface area contributed by atoms with Crippen LogP contribution in [0, 0.1) is 11.6 Å². The first-order valence-electron chi connectivity index (χ1n) is 8.80. The topological polar surface area (TPSA) is 38.8 Å². The Morgan fingerprint density at radius 3 is 2.57 bits per heavy atom. The lowest BCUT2D eigenvalue weighted by Crippen LogP contribution is -2.43. The maximum Gasteiger partial charge on any atom is 0.265 e. The molecule has 3 aromatic rings. The van der Waals surface area contributed by atoms with Gasteiger partial charge in [0.05, 0.1) is 11.7 Å². The third-order valence-corrected chi connectivity index (χ3v) is 4.53. The van der Waals surface area contributed by atoms with Gasteiger partial charge >= 0.3 is 0 Å². The number of ether oxygens (including phenoxy) is 2. The SMILES string of the molecule is O=C(COc1ccc(F)cc1F)N1c2ccccc2OCC1c1ccccc1. The molecule has 1 aliphatic rings. The number of carbonyl (C=O) groups is 1. The minimum atomic E-state index is -0.852. The highest BCUT2D eigenvalue weighted by molar-refractivity contribution is 5.97. The Balaban J connectivity index is 1.62. The van der Waals surface area contributed by atoms with Gasteiger partial charge in [-0.15, -0.1) is 0 Å². The summed E-state index contributed by atoms with van der Waals surface area (Å²) >= 11 is 0. The summed E-state index contributed by atoms with van der Waals surface area (Å²) in [4.78, 5) is 14.7. The lowest BCUT2D eigenvalue weighted by molar-refractivity contribution is -0.121. The molecule has 142 valence electrons. The second-order valence-corrected chi connectivity index (χ2v) is 6.33. The van der Waals surface area contributed by atoms with Crippen LogP contribution in [0.1, 0.15) is 11.6 Å². The molecule has 28 heavy (non-hydrogen) atoms. The Kier molecular flexibility index (Phi) is 4.93. The van der Waals surface area contributed by atoms with E-state index in [1.165, 1.54) is 6.07 Å². The van der Waals surface area contributed by atoms with E-state index in [9.17, 15) is 13.6 Å². The van der Waals surface area contributed by atoms with Gasteiger partial charge in [-0.2, -0.15) is 0 Å². The van der Waals surface area contributed by atoms with Crippen LogP contribution in [0.2, 0.25) is 0 Å². The second kappa shape index (κ2) is 7.68. The molecule has 0 bridgehead atoms. The predicted octanol–water partition coefficient (Wildman–Crippen LogP) is 4.51. The molecule has 0 saturated carbocycles. The van der Waals surface area contributed by atoms with Crippen LogP contribution in [0.4, 0.5) is 14.5 Å². The molecule has 0 aliphatic carbocycles. The molecule has 0 saturated heterocycles. The van der Waals surface area contributed by atoms with Gasteiger partial charge in [-0.05, 0) is 29.8 Å². The van der Waals surface area contributed by atoms with E-state index in [4.69, 9.17) is 9.47 Å². The maximum absolute atomic E-state index is 13.8. The van der Waals surface area contributed by atoms with Crippen LogP contribution < -0.4 is 14.4 Å². The van der Waals surface area contributed by atoms with E-state index in [-0.39, 0.29) is 30.9 Å². The highest BCUT2D eigenvalue weighted by Gasteiger charge is 2.33. The van der Waals surface area contributed by atoms with Crippen molar-refractivity contribution in [3.8, 4) is 11.5 Å². The van der Waals surface area contributed by atoms with Gasteiger partial charge in [-0.3, -0.25) is 9.69 Å². The zero-order valence-electron chi connectivity index (χ0n) is 14.8. The van der Waals surface area contributed by atoms with E-state index in [0.717, 1.165) is 17.7 Å². The van der Waals surface area contributed by atoms with Crippen molar-refractivity contribution in [3.63, 3.8) is 0 Å². The molecule has 0 N–H and O–H groups in total. The molecule has 0 aromatic heterocycles. The normalized spacial score (nSPS) is 15.5. The molecular formula is C22H17F2NO3. The van der Waals surface area contributed by atoms with E-state index < -0.39 is 11.6 Å². The summed E-state index contributed by atoms with van der Waals surface area (Å²) in [5.74, 6) is -1.49. The van der Waals surface area contributed by atoms with Crippen molar-refractivity contribution in [2.75, 3.05) is 18.1 Å². The van der Waals surface area contributed by atoms with Gasteiger partial charge in [-0.1, -0.05) is 42.5 Å². The first-order valence-corrected chi connectivity index (χ1v) is 8.80. The van der Waals surface area contributed by atoms with E-state index in [1.54, 1.807) is 17.0 Å². The van der Waals surface area contributed by atoms with Crippen LogP contribution in [0.5, 0.6) is 11.5 Å². The number of para-hydroxylation sites is 2. The molecule has 1 aliphatic heterocycles. The number of hydrogen-bond donors (Lipinski definition) is 0. The van der Waals surface area contributed by atoms with Gasteiger partial charge in [0, 0.05) is 6.07 Å². The number of hydrogen-bond acceptors (Lipinski definition) is 3. The lowest BCUT2D eigenvalue weighted by atomic mass is 10.0. The summed E-state index contributed by atoms with van der Waals surface area (Å²) in [7, 11) is 0. The molecule has 6 heteroatoms. The minimum Gasteiger partial charge on any atom is -0.489 e. The Morgan fingerprint density at radius 2 is 1.79 bits per heavy atom. The standard InChI is InChI=1S/C22H17F2NO3/c23-16-10-11-20(17(24)12-16)28-14-22(26)25-18-8-4-5-9-21(18)27-13-19(25)15-6-2-1-3-7-15/h1-12,19H,13-14H2. The quantitative estimate of drug-likeness (QED) is 0.668. The molecule has 1 atom stereocenters. The number of benzene rings is 3. The van der Waals surface area contributed by atoms with Crippen molar-refractivity contribution in [2.45, 2.75) is 6.04 Å². The zero-order valence-corrected chi connectivity index (χ0v) is 14.8. The summed E-state index contributed by atoms with van der Waals surface area (Å²) in [6.45, 7) is -0.0993. The molecule has 1 heterocycles. The molecule has 1 unspecified atom stereocenters. The third-order valence-electron chi connectivity index (χ3n) is 4.53. The van der Waals surface area contributed by atoms with Gasteiger partial charge in [0.25, 0.3) is 5.91 Å². The van der Waals surface area contributed by atoms with E-state index in [1.807, 2.05) is 42.5 Å². The molecule has 3 aromatic carbocycles. The largest absolute Gasteiger partial charge is 0.489 e. The fourth-order valence-electron chi connectivity index (χ4n) is 3.22. The number of rotatable bonds is 4. The van der Waals surface area contributed by atoms with Crippen LogP contribution >= 0.6 is 0 Å². The fourth-order valence-corrected chi connectivity index (χ4v) is 3.22. The Labute approximate surface area is 160 Å². The molecule has 0 fully saturated rings. The molecule has 4 rings (SSSR count). The van der Waals surface area contributed by atoms with Crippen molar-refractivity contribution in [1.29, 1.82) is 0 Å². The van der Waals surface area contributed by atoms with Crippen LogP contribution in [0.15, 0.2) is 72.8 Å². The summed E-state index contributed by atoms with van der Waals surface area (Å²) in [6.07, 6.45) is 0. The molecule has 0 spiro atoms. The zero-order chi connectivity index (χ0) is 19.5. The van der Waals surface area contributed by atoms with Gasteiger partial charge in [0.2, 0.25) is 0 Å². The Morgan fingerprint density at radius 1 is 1.04 bits per heavy atom. The number of fused-ring (bicyclic) bond motifs is 1. The first kappa shape index (κ1) is 18.0. The second-order valence-electron chi connectivity index (χ2n) is 6.33. The Hall–Kier alpha value is -3.41. The van der Waals surface area contributed by atoms with E-state index >= 15 is 0 Å². The van der Waals surface area contributed by atoms with Crippen molar-refractivity contribution in [1.82, 2.24) is 0 Å². The van der Waals surface area contributed by atoms with Crippen LogP contribution in [-0.2, 0) is 4.79 Å². The molecule has 0 radical (unpaired) electrons. The van der Waals surface area contributed by atoms with Crippen molar-refractivity contribution < 1.29 is 23.0 Å². The summed E-state index contributed by atoms with van der Waals surface area (Å²) in [6, 6.07) is 19.4. The molecule has 1 amide bonds. The monoisotopic (exact) mass is 381 g/mol. The summed E-state index contributed by atoms with van der Waals surface area (Å²) in [5.41, 5.74) is 1.54. The van der Waals surface area contributed by atoms with Gasteiger partial charge < -0.3 is 9.47 Å². The lowest BCUT2D eigenvalue weighted by Gasteiger charge is -2.37. The third kappa shape index (κ3) is 3.53. The van der Waals surface area contributed by atoms with Crippen molar-refractivity contribution in [3.05, 3.63) is 90.0 Å². The minimum absolute atomic E-state index is 0.174. The highest BCUT2D eigenvalue weighted by atomic mass is 19.1. The van der Waals surface area contributed by atoms with Crippen molar-refractivity contribution >= 4 is 11.6 Å². The predicted molar refractivity (Wildman–Crippen MR) is 100 cm³/mol. The van der Waals surface area contributed by atoms with Gasteiger partial charge in [-0.25, -0.2) is 8.78 Å². The summed E-state index contributed by atoms with van der Waals surface area (Å²) < 4.78 is 38.0. The smallest absolute Gasteiger partial charge is 0.265 e. The van der Waals surface area contributed by atoms with Crippen molar-refractivity contribution in [2.24, 2.45) is 0 Å². The van der Waals surface area contributed by atoms with Crippen LogP contribution in [0.25, 0.3) is 0 Å². The average Bonchev–Trinajstić information content (AvgIpc) is 2.72. The fraction of sp³-hybridized carbons (Fsp3) is 0.136. The molecular weight excluding hydrogens is 364 g/mol. The van der Waals surface area contributed by atoms with E-state index in [2.05, 4.69) is 0 Å².